The van der Waals surface area contributed by atoms with Gasteiger partial charge in [0, 0.05) is 20.2 Å². The molecule has 6 nitrogen and oxygen atoms in total. The number of carbonyl (C=O) groups is 1. The van der Waals surface area contributed by atoms with Gasteiger partial charge in [-0.2, -0.15) is 4.31 Å². The molecule has 0 amide bonds. The molecule has 1 N–H and O–H groups in total. The molecule has 0 aliphatic heterocycles. The molecule has 1 rings (SSSR count). The van der Waals surface area contributed by atoms with Gasteiger partial charge in [0.25, 0.3) is 0 Å². The second-order valence-corrected chi connectivity index (χ2v) is 6.34. The summed E-state index contributed by atoms with van der Waals surface area (Å²) in [6.07, 6.45) is 1.48. The van der Waals surface area contributed by atoms with Gasteiger partial charge in [0.15, 0.2) is 0 Å². The van der Waals surface area contributed by atoms with Gasteiger partial charge in [-0.15, -0.1) is 6.58 Å². The highest BCUT2D eigenvalue weighted by Crippen LogP contribution is 2.21. The summed E-state index contributed by atoms with van der Waals surface area (Å²) < 4.78 is 31.4. The predicted octanol–water partition coefficient (Wildman–Crippen LogP) is 1.52. The molecular weight excluding hydrogens is 294 g/mol. The smallest absolute Gasteiger partial charge is 0.335 e. The van der Waals surface area contributed by atoms with E-state index in [4.69, 9.17) is 9.84 Å². The lowest BCUT2D eigenvalue weighted by molar-refractivity contribution is 0.0696. The number of aromatic carboxylic acids is 1. The van der Waals surface area contributed by atoms with Crippen molar-refractivity contribution in [1.29, 1.82) is 0 Å². The number of carboxylic acids is 1. The van der Waals surface area contributed by atoms with Gasteiger partial charge in [0.2, 0.25) is 10.0 Å². The van der Waals surface area contributed by atoms with Gasteiger partial charge in [-0.25, -0.2) is 13.2 Å². The van der Waals surface area contributed by atoms with Crippen molar-refractivity contribution in [3.63, 3.8) is 0 Å². The van der Waals surface area contributed by atoms with Gasteiger partial charge in [-0.1, -0.05) is 12.1 Å². The minimum absolute atomic E-state index is 0.0136. The Labute approximate surface area is 124 Å². The molecule has 0 spiro atoms. The number of carboxylic acid groups (broad SMARTS) is 1. The summed E-state index contributed by atoms with van der Waals surface area (Å²) in [5, 5.41) is 9.00. The Balaban J connectivity index is 3.29. The highest BCUT2D eigenvalue weighted by Gasteiger charge is 2.26. The third-order valence-corrected chi connectivity index (χ3v) is 4.94. The molecule has 0 saturated heterocycles. The highest BCUT2D eigenvalue weighted by molar-refractivity contribution is 7.89. The molecule has 0 bridgehead atoms. The van der Waals surface area contributed by atoms with Gasteiger partial charge >= 0.3 is 5.97 Å². The summed E-state index contributed by atoms with van der Waals surface area (Å²) >= 11 is 0. The fraction of sp³-hybridized carbons (Fsp3) is 0.357. The van der Waals surface area contributed by atoms with E-state index in [1.165, 1.54) is 35.7 Å². The van der Waals surface area contributed by atoms with Crippen LogP contribution in [0.25, 0.3) is 0 Å². The number of benzene rings is 1. The van der Waals surface area contributed by atoms with Crippen LogP contribution in [0.3, 0.4) is 0 Å². The van der Waals surface area contributed by atoms with E-state index in [-0.39, 0.29) is 30.2 Å². The van der Waals surface area contributed by atoms with E-state index in [1.807, 2.05) is 0 Å². The second kappa shape index (κ2) is 7.35. The average Bonchev–Trinajstić information content (AvgIpc) is 2.43. The number of sulfonamides is 1. The second-order valence-electron chi connectivity index (χ2n) is 4.43. The van der Waals surface area contributed by atoms with Crippen LogP contribution < -0.4 is 0 Å². The molecule has 116 valence electrons. The summed E-state index contributed by atoms with van der Waals surface area (Å²) in [5.74, 6) is -1.17. The molecule has 0 radical (unpaired) electrons. The van der Waals surface area contributed by atoms with Gasteiger partial charge in [-0.05, 0) is 24.6 Å². The van der Waals surface area contributed by atoms with Crippen LogP contribution in [0, 0.1) is 6.92 Å². The normalized spacial score (nSPS) is 11.6. The Morgan fingerprint density at radius 2 is 2.14 bits per heavy atom. The Morgan fingerprint density at radius 3 is 2.67 bits per heavy atom. The maximum atomic E-state index is 12.7. The molecule has 0 atom stereocenters. The van der Waals surface area contributed by atoms with Gasteiger partial charge < -0.3 is 9.84 Å². The SMILES string of the molecule is C=CCN(CCOC)S(=O)(=O)c1cc(C(=O)O)ccc1C. The van der Waals surface area contributed by atoms with E-state index in [0.29, 0.717) is 5.56 Å². The number of methoxy groups -OCH3 is 1. The maximum absolute atomic E-state index is 12.7. The Hall–Kier alpha value is -1.70. The quantitative estimate of drug-likeness (QED) is 0.736. The monoisotopic (exact) mass is 313 g/mol. The Morgan fingerprint density at radius 1 is 1.48 bits per heavy atom. The molecule has 0 fully saturated rings. The van der Waals surface area contributed by atoms with Crippen molar-refractivity contribution in [2.45, 2.75) is 11.8 Å². The fourth-order valence-corrected chi connectivity index (χ4v) is 3.44. The van der Waals surface area contributed by atoms with E-state index < -0.39 is 16.0 Å². The number of aryl methyl sites for hydroxylation is 1. The largest absolute Gasteiger partial charge is 0.478 e. The molecule has 7 heteroatoms. The van der Waals surface area contributed by atoms with Crippen LogP contribution in [0.5, 0.6) is 0 Å². The minimum Gasteiger partial charge on any atom is -0.478 e. The van der Waals surface area contributed by atoms with E-state index >= 15 is 0 Å². The first-order chi connectivity index (χ1) is 9.84. The molecule has 1 aromatic rings. The third kappa shape index (κ3) is 4.13. The van der Waals surface area contributed by atoms with Crippen LogP contribution in [0.2, 0.25) is 0 Å². The Bertz CT molecular complexity index is 624. The first-order valence-electron chi connectivity index (χ1n) is 6.28. The summed E-state index contributed by atoms with van der Waals surface area (Å²) in [5.41, 5.74) is 0.427. The first-order valence-corrected chi connectivity index (χ1v) is 7.72. The van der Waals surface area contributed by atoms with E-state index in [0.717, 1.165) is 0 Å². The minimum atomic E-state index is -3.80. The standard InChI is InChI=1S/C14H19NO5S/c1-4-7-15(8-9-20-3)21(18,19)13-10-12(14(16)17)6-5-11(13)2/h4-6,10H,1,7-9H2,2-3H3,(H,16,17). The van der Waals surface area contributed by atoms with E-state index in [1.54, 1.807) is 6.92 Å². The molecule has 0 aromatic heterocycles. The number of hydrogen-bond donors (Lipinski definition) is 1. The number of rotatable bonds is 8. The molecule has 0 saturated carbocycles. The van der Waals surface area contributed by atoms with Crippen molar-refractivity contribution in [2.75, 3.05) is 26.8 Å². The highest BCUT2D eigenvalue weighted by atomic mass is 32.2. The van der Waals surface area contributed by atoms with Crippen LogP contribution in [-0.4, -0.2) is 50.6 Å². The number of ether oxygens (including phenoxy) is 1. The third-order valence-electron chi connectivity index (χ3n) is 2.93. The summed E-state index contributed by atoms with van der Waals surface area (Å²) in [6.45, 7) is 5.71. The molecular formula is C14H19NO5S. The topological polar surface area (TPSA) is 83.9 Å². The lowest BCUT2D eigenvalue weighted by atomic mass is 10.1. The molecule has 1 aromatic carbocycles. The lowest BCUT2D eigenvalue weighted by Crippen LogP contribution is -2.34. The molecule has 21 heavy (non-hydrogen) atoms. The molecule has 0 unspecified atom stereocenters. The molecule has 0 aliphatic carbocycles. The zero-order chi connectivity index (χ0) is 16.0. The van der Waals surface area contributed by atoms with Gasteiger partial charge in [0.1, 0.15) is 0 Å². The van der Waals surface area contributed by atoms with E-state index in [9.17, 15) is 13.2 Å². The zero-order valence-electron chi connectivity index (χ0n) is 12.1. The van der Waals surface area contributed by atoms with Crippen LogP contribution in [0.4, 0.5) is 0 Å². The van der Waals surface area contributed by atoms with Gasteiger partial charge in [-0.3, -0.25) is 0 Å². The zero-order valence-corrected chi connectivity index (χ0v) is 12.9. The summed E-state index contributed by atoms with van der Waals surface area (Å²) in [7, 11) is -2.32. The van der Waals surface area contributed by atoms with Crippen molar-refractivity contribution < 1.29 is 23.1 Å². The van der Waals surface area contributed by atoms with Crippen molar-refractivity contribution in [3.8, 4) is 0 Å². The summed E-state index contributed by atoms with van der Waals surface area (Å²) in [6, 6.07) is 4.04. The molecule has 0 heterocycles. The van der Waals surface area contributed by atoms with Crippen LogP contribution in [0.1, 0.15) is 15.9 Å². The van der Waals surface area contributed by atoms with E-state index in [2.05, 4.69) is 6.58 Å². The van der Waals surface area contributed by atoms with Crippen molar-refractivity contribution in [3.05, 3.63) is 42.0 Å². The average molecular weight is 313 g/mol. The predicted molar refractivity (Wildman–Crippen MR) is 79.0 cm³/mol. The first kappa shape index (κ1) is 17.4. The molecule has 0 aliphatic rings. The summed E-state index contributed by atoms with van der Waals surface area (Å²) in [4.78, 5) is 11.0. The van der Waals surface area contributed by atoms with Crippen molar-refractivity contribution >= 4 is 16.0 Å². The van der Waals surface area contributed by atoms with Crippen LogP contribution >= 0.6 is 0 Å². The van der Waals surface area contributed by atoms with Crippen LogP contribution in [0.15, 0.2) is 35.7 Å². The van der Waals surface area contributed by atoms with Crippen LogP contribution in [-0.2, 0) is 14.8 Å². The number of nitrogens with zero attached hydrogens (tertiary/aromatic N) is 1. The number of hydrogen-bond acceptors (Lipinski definition) is 4. The van der Waals surface area contributed by atoms with Gasteiger partial charge in [0.05, 0.1) is 17.1 Å². The fourth-order valence-electron chi connectivity index (χ4n) is 1.80. The maximum Gasteiger partial charge on any atom is 0.335 e. The van der Waals surface area contributed by atoms with Crippen molar-refractivity contribution in [2.24, 2.45) is 0 Å². The van der Waals surface area contributed by atoms with Crippen molar-refractivity contribution in [1.82, 2.24) is 4.31 Å². The lowest BCUT2D eigenvalue weighted by Gasteiger charge is -2.21. The Kier molecular flexibility index (Phi) is 6.07.